The van der Waals surface area contributed by atoms with Crippen molar-refractivity contribution in [3.05, 3.63) is 95.6 Å². The van der Waals surface area contributed by atoms with Gasteiger partial charge in [-0.2, -0.15) is 13.5 Å². The number of anilines is 2. The molecule has 174 valence electrons. The highest BCUT2D eigenvalue weighted by Crippen LogP contribution is 2.17. The van der Waals surface area contributed by atoms with E-state index in [4.69, 9.17) is 22.6 Å². The van der Waals surface area contributed by atoms with E-state index in [1.54, 1.807) is 30.5 Å². The second-order valence-corrected chi connectivity index (χ2v) is 7.69. The SMILES string of the molecule is CCN(Cc1ccccc1)c1ccc(/C=N/Nc2ccc(C(=O)O)cc2)cc1.O=S(=O)(O)O. The fourth-order valence-electron chi connectivity index (χ4n) is 2.83. The van der Waals surface area contributed by atoms with Crippen LogP contribution in [0.15, 0.2) is 84.0 Å². The summed E-state index contributed by atoms with van der Waals surface area (Å²) in [7, 11) is -4.67. The number of carbonyl (C=O) groups is 1. The van der Waals surface area contributed by atoms with E-state index >= 15 is 0 Å². The minimum Gasteiger partial charge on any atom is -0.478 e. The molecule has 0 radical (unpaired) electrons. The molecule has 3 aromatic carbocycles. The Morgan fingerprint density at radius 2 is 1.55 bits per heavy atom. The summed E-state index contributed by atoms with van der Waals surface area (Å²) in [5.41, 5.74) is 7.33. The number of hydrogen-bond donors (Lipinski definition) is 4. The maximum atomic E-state index is 10.9. The fourth-order valence-corrected chi connectivity index (χ4v) is 2.83. The van der Waals surface area contributed by atoms with Gasteiger partial charge in [0, 0.05) is 18.8 Å². The monoisotopic (exact) mass is 471 g/mol. The molecule has 0 heterocycles. The van der Waals surface area contributed by atoms with Gasteiger partial charge in [0.2, 0.25) is 0 Å². The van der Waals surface area contributed by atoms with Gasteiger partial charge in [-0.3, -0.25) is 14.5 Å². The lowest BCUT2D eigenvalue weighted by molar-refractivity contribution is 0.0697. The number of hydrogen-bond acceptors (Lipinski definition) is 6. The van der Waals surface area contributed by atoms with Crippen LogP contribution in [-0.4, -0.2) is 41.4 Å². The van der Waals surface area contributed by atoms with Crippen molar-refractivity contribution in [2.45, 2.75) is 13.5 Å². The normalized spacial score (nSPS) is 10.9. The number of hydrazone groups is 1. The average Bonchev–Trinajstić information content (AvgIpc) is 2.78. The van der Waals surface area contributed by atoms with Gasteiger partial charge in [0.25, 0.3) is 0 Å². The zero-order valence-corrected chi connectivity index (χ0v) is 18.7. The first kappa shape index (κ1) is 25.5. The topological polar surface area (TPSA) is 140 Å². The van der Waals surface area contributed by atoms with Crippen molar-refractivity contribution in [1.82, 2.24) is 0 Å². The van der Waals surface area contributed by atoms with Gasteiger partial charge in [0.05, 0.1) is 17.5 Å². The molecule has 10 heteroatoms. The molecule has 9 nitrogen and oxygen atoms in total. The Kier molecular flexibility index (Phi) is 9.55. The predicted molar refractivity (Wildman–Crippen MR) is 128 cm³/mol. The molecular formula is C23H25N3O6S. The first-order valence-electron chi connectivity index (χ1n) is 9.87. The van der Waals surface area contributed by atoms with Gasteiger partial charge < -0.3 is 10.0 Å². The van der Waals surface area contributed by atoms with Crippen molar-refractivity contribution in [2.75, 3.05) is 16.9 Å². The average molecular weight is 472 g/mol. The standard InChI is InChI=1S/C23H23N3O2.H2O4S/c1-2-26(17-19-6-4-3-5-7-19)22-14-8-18(9-15-22)16-24-25-21-12-10-20(11-13-21)23(27)28;1-5(2,3)4/h3-16,25H,2,17H2,1H3,(H,27,28);(H2,1,2,3,4)/b24-16+;. The number of benzene rings is 3. The van der Waals surface area contributed by atoms with Crippen molar-refractivity contribution in [1.29, 1.82) is 0 Å². The minimum absolute atomic E-state index is 0.251. The van der Waals surface area contributed by atoms with Gasteiger partial charge in [-0.15, -0.1) is 0 Å². The van der Waals surface area contributed by atoms with E-state index in [0.29, 0.717) is 0 Å². The molecule has 0 bridgehead atoms. The van der Waals surface area contributed by atoms with Crippen molar-refractivity contribution >= 4 is 34.0 Å². The first-order chi connectivity index (χ1) is 15.7. The molecule has 0 fully saturated rings. The van der Waals surface area contributed by atoms with E-state index in [0.717, 1.165) is 24.3 Å². The van der Waals surface area contributed by atoms with Crippen molar-refractivity contribution < 1.29 is 27.4 Å². The largest absolute Gasteiger partial charge is 0.478 e. The molecule has 0 aliphatic carbocycles. The van der Waals surface area contributed by atoms with Crippen LogP contribution in [0, 0.1) is 0 Å². The maximum absolute atomic E-state index is 10.9. The summed E-state index contributed by atoms with van der Waals surface area (Å²) in [5, 5.41) is 13.1. The second-order valence-electron chi connectivity index (χ2n) is 6.79. The van der Waals surface area contributed by atoms with Gasteiger partial charge >= 0.3 is 16.4 Å². The van der Waals surface area contributed by atoms with Crippen molar-refractivity contribution in [3.8, 4) is 0 Å². The smallest absolute Gasteiger partial charge is 0.394 e. The number of nitrogens with one attached hydrogen (secondary N) is 1. The summed E-state index contributed by atoms with van der Waals surface area (Å²) in [6.45, 7) is 3.95. The molecule has 0 saturated heterocycles. The molecule has 0 atom stereocenters. The Balaban J connectivity index is 0.000000696. The third kappa shape index (κ3) is 9.95. The fraction of sp³-hybridized carbons (Fsp3) is 0.130. The quantitative estimate of drug-likeness (QED) is 0.218. The lowest BCUT2D eigenvalue weighted by atomic mass is 10.1. The second kappa shape index (κ2) is 12.3. The summed E-state index contributed by atoms with van der Waals surface area (Å²) in [4.78, 5) is 13.2. The molecule has 4 N–H and O–H groups in total. The number of nitrogens with zero attached hydrogens (tertiary/aromatic N) is 2. The van der Waals surface area contributed by atoms with Crippen LogP contribution in [-0.2, 0) is 16.9 Å². The molecule has 33 heavy (non-hydrogen) atoms. The van der Waals surface area contributed by atoms with Crippen molar-refractivity contribution in [2.24, 2.45) is 5.10 Å². The molecule has 0 aliphatic heterocycles. The Morgan fingerprint density at radius 3 is 2.06 bits per heavy atom. The van der Waals surface area contributed by atoms with Gasteiger partial charge in [-0.05, 0) is 54.4 Å². The van der Waals surface area contributed by atoms with Crippen LogP contribution in [0.1, 0.15) is 28.4 Å². The summed E-state index contributed by atoms with van der Waals surface area (Å²) >= 11 is 0. The van der Waals surface area contributed by atoms with Gasteiger partial charge in [-0.25, -0.2) is 4.79 Å². The summed E-state index contributed by atoms with van der Waals surface area (Å²) < 4.78 is 31.6. The van der Waals surface area contributed by atoms with Crippen LogP contribution in [0.4, 0.5) is 11.4 Å². The predicted octanol–water partition coefficient (Wildman–Crippen LogP) is 4.20. The van der Waals surface area contributed by atoms with E-state index in [2.05, 4.69) is 58.7 Å². The van der Waals surface area contributed by atoms with E-state index < -0.39 is 16.4 Å². The third-order valence-electron chi connectivity index (χ3n) is 4.40. The summed E-state index contributed by atoms with van der Waals surface area (Å²) in [6.07, 6.45) is 1.74. The summed E-state index contributed by atoms with van der Waals surface area (Å²) in [5.74, 6) is -0.941. The molecule has 0 aromatic heterocycles. The third-order valence-corrected chi connectivity index (χ3v) is 4.40. The zero-order valence-electron chi connectivity index (χ0n) is 17.9. The summed E-state index contributed by atoms with van der Waals surface area (Å²) in [6, 6.07) is 25.1. The van der Waals surface area contributed by atoms with E-state index in [1.165, 1.54) is 11.3 Å². The van der Waals surface area contributed by atoms with Gasteiger partial charge in [0.1, 0.15) is 0 Å². The highest BCUT2D eigenvalue weighted by molar-refractivity contribution is 7.79. The van der Waals surface area contributed by atoms with Gasteiger partial charge in [-0.1, -0.05) is 42.5 Å². The number of aromatic carboxylic acids is 1. The Hall–Kier alpha value is -3.73. The van der Waals surface area contributed by atoms with E-state index in [1.807, 2.05) is 18.2 Å². The molecule has 0 amide bonds. The molecule has 0 saturated carbocycles. The first-order valence-corrected chi connectivity index (χ1v) is 11.3. The zero-order chi connectivity index (χ0) is 24.3. The van der Waals surface area contributed by atoms with Crippen LogP contribution in [0.5, 0.6) is 0 Å². The van der Waals surface area contributed by atoms with Crippen LogP contribution in [0.2, 0.25) is 0 Å². The molecule has 0 spiro atoms. The maximum Gasteiger partial charge on any atom is 0.394 e. The number of rotatable bonds is 8. The molecule has 3 aromatic rings. The Bertz CT molecular complexity index is 1140. The number of carboxylic acid groups (broad SMARTS) is 1. The molecule has 0 unspecified atom stereocenters. The lowest BCUT2D eigenvalue weighted by Crippen LogP contribution is -2.21. The highest BCUT2D eigenvalue weighted by Gasteiger charge is 2.05. The molecule has 0 aliphatic rings. The van der Waals surface area contributed by atoms with Crippen molar-refractivity contribution in [3.63, 3.8) is 0 Å². The lowest BCUT2D eigenvalue weighted by Gasteiger charge is -2.23. The van der Waals surface area contributed by atoms with Crippen LogP contribution in [0.25, 0.3) is 0 Å². The Morgan fingerprint density at radius 1 is 0.970 bits per heavy atom. The van der Waals surface area contributed by atoms with E-state index in [9.17, 15) is 4.79 Å². The Labute approximate surface area is 192 Å². The van der Waals surface area contributed by atoms with Gasteiger partial charge in [0.15, 0.2) is 0 Å². The minimum atomic E-state index is -4.67. The molecular weight excluding hydrogens is 446 g/mol. The molecule has 3 rings (SSSR count). The van der Waals surface area contributed by atoms with Crippen LogP contribution >= 0.6 is 0 Å². The number of carboxylic acids is 1. The van der Waals surface area contributed by atoms with Crippen LogP contribution in [0.3, 0.4) is 0 Å². The van der Waals surface area contributed by atoms with Crippen LogP contribution < -0.4 is 10.3 Å². The van der Waals surface area contributed by atoms with E-state index in [-0.39, 0.29) is 5.56 Å². The highest BCUT2D eigenvalue weighted by atomic mass is 32.3.